The van der Waals surface area contributed by atoms with Crippen molar-refractivity contribution in [2.75, 3.05) is 14.1 Å². The molecule has 76 valence electrons. The van der Waals surface area contributed by atoms with Gasteiger partial charge in [-0.25, -0.2) is 0 Å². The van der Waals surface area contributed by atoms with Crippen LogP contribution in [-0.2, 0) is 0 Å². The third kappa shape index (κ3) is 3.77. The fraction of sp³-hybridized carbons (Fsp3) is 0.900. The van der Waals surface area contributed by atoms with Crippen molar-refractivity contribution >= 4 is 6.21 Å². The van der Waals surface area contributed by atoms with Crippen LogP contribution in [0, 0.1) is 5.92 Å². The molecule has 0 bridgehead atoms. The summed E-state index contributed by atoms with van der Waals surface area (Å²) in [5.41, 5.74) is 0. The maximum Gasteiger partial charge on any atom is 0.0936 e. The minimum absolute atomic E-state index is 0.345. The second-order valence-electron chi connectivity index (χ2n) is 4.00. The van der Waals surface area contributed by atoms with E-state index in [9.17, 15) is 5.11 Å². The summed E-state index contributed by atoms with van der Waals surface area (Å²) >= 11 is 0. The third-order valence-corrected chi connectivity index (χ3v) is 2.58. The molecule has 0 aromatic carbocycles. The Morgan fingerprint density at radius 1 is 1.31 bits per heavy atom. The molecular formula is C10H20N2O. The smallest absolute Gasteiger partial charge is 0.0936 e. The van der Waals surface area contributed by atoms with Gasteiger partial charge in [-0.15, -0.1) is 0 Å². The van der Waals surface area contributed by atoms with E-state index in [1.807, 2.05) is 14.1 Å². The van der Waals surface area contributed by atoms with Crippen LogP contribution >= 0.6 is 0 Å². The van der Waals surface area contributed by atoms with Crippen LogP contribution in [0.5, 0.6) is 0 Å². The van der Waals surface area contributed by atoms with Crippen molar-refractivity contribution in [2.24, 2.45) is 11.0 Å². The SMILES string of the molecule is CN(C)/N=C/C(O)C1CCCCC1. The Balaban J connectivity index is 2.32. The summed E-state index contributed by atoms with van der Waals surface area (Å²) in [5.74, 6) is 0.442. The Kier molecular flexibility index (Phi) is 4.22. The summed E-state index contributed by atoms with van der Waals surface area (Å²) in [6.07, 6.45) is 7.48. The number of hydrogen-bond acceptors (Lipinski definition) is 3. The van der Waals surface area contributed by atoms with Gasteiger partial charge in [-0.3, -0.25) is 0 Å². The predicted molar refractivity (Wildman–Crippen MR) is 54.8 cm³/mol. The highest BCUT2D eigenvalue weighted by atomic mass is 16.3. The third-order valence-electron chi connectivity index (χ3n) is 2.58. The molecule has 0 heterocycles. The van der Waals surface area contributed by atoms with E-state index in [1.165, 1.54) is 19.3 Å². The molecule has 1 unspecified atom stereocenters. The Morgan fingerprint density at radius 2 is 1.92 bits per heavy atom. The van der Waals surface area contributed by atoms with Crippen LogP contribution in [0.15, 0.2) is 5.10 Å². The van der Waals surface area contributed by atoms with Gasteiger partial charge in [-0.05, 0) is 18.8 Å². The molecule has 1 aliphatic carbocycles. The van der Waals surface area contributed by atoms with Crippen LogP contribution in [0.1, 0.15) is 32.1 Å². The van der Waals surface area contributed by atoms with Crippen LogP contribution in [0.25, 0.3) is 0 Å². The fourth-order valence-corrected chi connectivity index (χ4v) is 1.80. The van der Waals surface area contributed by atoms with E-state index in [2.05, 4.69) is 5.10 Å². The van der Waals surface area contributed by atoms with Gasteiger partial charge >= 0.3 is 0 Å². The average Bonchev–Trinajstić information content (AvgIpc) is 2.15. The Hall–Kier alpha value is -0.570. The number of aliphatic hydroxyl groups excluding tert-OH is 1. The lowest BCUT2D eigenvalue weighted by atomic mass is 9.86. The van der Waals surface area contributed by atoms with Gasteiger partial charge < -0.3 is 10.1 Å². The van der Waals surface area contributed by atoms with Gasteiger partial charge in [0.1, 0.15) is 0 Å². The van der Waals surface area contributed by atoms with Crippen molar-refractivity contribution in [1.29, 1.82) is 0 Å². The highest BCUT2D eigenvalue weighted by Crippen LogP contribution is 2.25. The zero-order valence-corrected chi connectivity index (χ0v) is 8.61. The van der Waals surface area contributed by atoms with E-state index in [4.69, 9.17) is 0 Å². The highest BCUT2D eigenvalue weighted by Gasteiger charge is 2.19. The van der Waals surface area contributed by atoms with Gasteiger partial charge in [-0.1, -0.05) is 19.3 Å². The maximum absolute atomic E-state index is 9.75. The first kappa shape index (κ1) is 10.5. The number of rotatable bonds is 3. The standard InChI is InChI=1S/C10H20N2O/c1-12(2)11-8-10(13)9-6-4-3-5-7-9/h8-10,13H,3-7H2,1-2H3/b11-8+. The van der Waals surface area contributed by atoms with Crippen molar-refractivity contribution in [3.8, 4) is 0 Å². The Labute approximate surface area is 80.4 Å². The summed E-state index contributed by atoms with van der Waals surface area (Å²) in [4.78, 5) is 0. The van der Waals surface area contributed by atoms with Crippen LogP contribution in [0.4, 0.5) is 0 Å². The largest absolute Gasteiger partial charge is 0.387 e. The lowest BCUT2D eigenvalue weighted by Crippen LogP contribution is -2.25. The van der Waals surface area contributed by atoms with E-state index in [0.717, 1.165) is 12.8 Å². The molecule has 0 saturated heterocycles. The number of hydrazone groups is 1. The molecule has 1 saturated carbocycles. The van der Waals surface area contributed by atoms with Crippen molar-refractivity contribution < 1.29 is 5.11 Å². The summed E-state index contributed by atoms with van der Waals surface area (Å²) in [5, 5.41) is 15.5. The summed E-state index contributed by atoms with van der Waals surface area (Å²) in [6, 6.07) is 0. The minimum atomic E-state index is -0.345. The summed E-state index contributed by atoms with van der Waals surface area (Å²) in [7, 11) is 3.73. The van der Waals surface area contributed by atoms with Gasteiger partial charge in [-0.2, -0.15) is 5.10 Å². The van der Waals surface area contributed by atoms with E-state index in [0.29, 0.717) is 5.92 Å². The van der Waals surface area contributed by atoms with Gasteiger partial charge in [0.25, 0.3) is 0 Å². The molecular weight excluding hydrogens is 164 g/mol. The van der Waals surface area contributed by atoms with Gasteiger partial charge in [0.2, 0.25) is 0 Å². The number of nitrogens with zero attached hydrogens (tertiary/aromatic N) is 2. The molecule has 3 heteroatoms. The van der Waals surface area contributed by atoms with Crippen molar-refractivity contribution in [3.05, 3.63) is 0 Å². The predicted octanol–water partition coefficient (Wildman–Crippen LogP) is 1.47. The first-order valence-corrected chi connectivity index (χ1v) is 5.09. The molecule has 0 aromatic heterocycles. The van der Waals surface area contributed by atoms with Crippen molar-refractivity contribution in [3.63, 3.8) is 0 Å². The molecule has 0 radical (unpaired) electrons. The fourth-order valence-electron chi connectivity index (χ4n) is 1.80. The second-order valence-corrected chi connectivity index (χ2v) is 4.00. The second kappa shape index (κ2) is 5.22. The molecule has 0 amide bonds. The van der Waals surface area contributed by atoms with E-state index < -0.39 is 0 Å². The molecule has 0 aliphatic heterocycles. The van der Waals surface area contributed by atoms with Crippen LogP contribution in [-0.4, -0.2) is 36.5 Å². The molecule has 13 heavy (non-hydrogen) atoms. The van der Waals surface area contributed by atoms with E-state index >= 15 is 0 Å². The Bertz CT molecular complexity index is 162. The van der Waals surface area contributed by atoms with Crippen molar-refractivity contribution in [1.82, 2.24) is 5.01 Å². The number of aliphatic hydroxyl groups is 1. The van der Waals surface area contributed by atoms with Gasteiger partial charge in [0.05, 0.1) is 12.3 Å². The first-order chi connectivity index (χ1) is 6.20. The quantitative estimate of drug-likeness (QED) is 0.532. The van der Waals surface area contributed by atoms with E-state index in [1.54, 1.807) is 11.2 Å². The topological polar surface area (TPSA) is 35.8 Å². The zero-order valence-electron chi connectivity index (χ0n) is 8.61. The summed E-state index contributed by atoms with van der Waals surface area (Å²) in [6.45, 7) is 0. The molecule has 1 aliphatic rings. The Morgan fingerprint density at radius 3 is 2.46 bits per heavy atom. The lowest BCUT2D eigenvalue weighted by molar-refractivity contribution is 0.143. The first-order valence-electron chi connectivity index (χ1n) is 5.09. The van der Waals surface area contributed by atoms with Gasteiger partial charge in [0, 0.05) is 14.1 Å². The summed E-state index contributed by atoms with van der Waals surface area (Å²) < 4.78 is 0. The zero-order chi connectivity index (χ0) is 9.68. The molecule has 3 nitrogen and oxygen atoms in total. The van der Waals surface area contributed by atoms with Gasteiger partial charge in [0.15, 0.2) is 0 Å². The molecule has 1 atom stereocenters. The van der Waals surface area contributed by atoms with Crippen molar-refractivity contribution in [2.45, 2.75) is 38.2 Å². The normalized spacial score (nSPS) is 22.1. The number of hydrogen-bond donors (Lipinski definition) is 1. The molecule has 0 spiro atoms. The highest BCUT2D eigenvalue weighted by molar-refractivity contribution is 5.62. The molecule has 0 aromatic rings. The van der Waals surface area contributed by atoms with Crippen LogP contribution < -0.4 is 0 Å². The monoisotopic (exact) mass is 184 g/mol. The van der Waals surface area contributed by atoms with Crippen LogP contribution in [0.2, 0.25) is 0 Å². The molecule has 1 rings (SSSR count). The van der Waals surface area contributed by atoms with E-state index in [-0.39, 0.29) is 6.10 Å². The maximum atomic E-state index is 9.75. The average molecular weight is 184 g/mol. The molecule has 1 N–H and O–H groups in total. The van der Waals surface area contributed by atoms with Crippen LogP contribution in [0.3, 0.4) is 0 Å². The molecule has 1 fully saturated rings. The lowest BCUT2D eigenvalue weighted by Gasteiger charge is -2.24. The minimum Gasteiger partial charge on any atom is -0.387 e.